The third-order valence-corrected chi connectivity index (χ3v) is 5.40. The molecule has 2 aliphatic rings. The fraction of sp³-hybridized carbons (Fsp3) is 0.391. The number of rotatable bonds is 3. The molecular formula is C23H21F9N4O7. The molecule has 0 aromatic carbocycles. The molecule has 11 nitrogen and oxygen atoms in total. The van der Waals surface area contributed by atoms with Gasteiger partial charge in [0.15, 0.2) is 0 Å². The summed E-state index contributed by atoms with van der Waals surface area (Å²) in [5, 5.41) is 21.4. The van der Waals surface area contributed by atoms with E-state index in [0.717, 1.165) is 25.2 Å². The summed E-state index contributed by atoms with van der Waals surface area (Å²) < 4.78 is 95.2. The summed E-state index contributed by atoms with van der Waals surface area (Å²) in [4.78, 5) is 51.7. The van der Waals surface area contributed by atoms with Crippen molar-refractivity contribution in [3.05, 3.63) is 54.6 Å². The van der Waals surface area contributed by atoms with E-state index in [1.54, 1.807) is 12.4 Å². The number of likely N-dealkylation sites (tertiary alicyclic amines) is 1. The summed E-state index contributed by atoms with van der Waals surface area (Å²) in [5.41, 5.74) is 2.17. The number of fused-ring (bicyclic) bond motifs is 1. The Balaban J connectivity index is 0.000000363. The van der Waals surface area contributed by atoms with Crippen LogP contribution in [0.1, 0.15) is 18.4 Å². The zero-order chi connectivity index (χ0) is 33.2. The van der Waals surface area contributed by atoms with Crippen LogP contribution in [0.15, 0.2) is 49.1 Å². The van der Waals surface area contributed by atoms with Crippen molar-refractivity contribution >= 4 is 29.5 Å². The molecule has 238 valence electrons. The van der Waals surface area contributed by atoms with Gasteiger partial charge in [0.25, 0.3) is 0 Å². The molecule has 0 bridgehead atoms. The van der Waals surface area contributed by atoms with E-state index < -0.39 is 36.4 Å². The van der Waals surface area contributed by atoms with Gasteiger partial charge >= 0.3 is 36.4 Å². The molecule has 2 saturated heterocycles. The van der Waals surface area contributed by atoms with Crippen molar-refractivity contribution in [2.45, 2.75) is 50.0 Å². The molecule has 2 aromatic rings. The van der Waals surface area contributed by atoms with E-state index >= 15 is 0 Å². The van der Waals surface area contributed by atoms with E-state index in [1.807, 2.05) is 41.6 Å². The van der Waals surface area contributed by atoms with Crippen LogP contribution in [0.5, 0.6) is 0 Å². The number of hydrogen-bond donors (Lipinski definition) is 3. The van der Waals surface area contributed by atoms with Crippen LogP contribution in [0, 0.1) is 0 Å². The Morgan fingerprint density at radius 1 is 0.767 bits per heavy atom. The second kappa shape index (κ2) is 15.1. The molecule has 0 radical (unpaired) electrons. The molecule has 2 aromatic heterocycles. The first-order chi connectivity index (χ1) is 19.7. The van der Waals surface area contributed by atoms with Crippen LogP contribution in [0.25, 0.3) is 0 Å². The van der Waals surface area contributed by atoms with Crippen LogP contribution >= 0.6 is 0 Å². The molecule has 4 heterocycles. The molecule has 3 N–H and O–H groups in total. The van der Waals surface area contributed by atoms with Gasteiger partial charge in [-0.25, -0.2) is 14.4 Å². The topological polar surface area (TPSA) is 161 Å². The number of hydrogen-bond acceptors (Lipinski definition) is 7. The van der Waals surface area contributed by atoms with Gasteiger partial charge in [0.1, 0.15) is 0 Å². The predicted molar refractivity (Wildman–Crippen MR) is 124 cm³/mol. The summed E-state index contributed by atoms with van der Waals surface area (Å²) in [6, 6.07) is 8.53. The molecule has 0 aliphatic carbocycles. The average Bonchev–Trinajstić information content (AvgIpc) is 3.42. The van der Waals surface area contributed by atoms with E-state index in [4.69, 9.17) is 29.7 Å². The van der Waals surface area contributed by atoms with Crippen molar-refractivity contribution in [3.63, 3.8) is 0 Å². The predicted octanol–water partition coefficient (Wildman–Crippen LogP) is 3.76. The molecule has 2 aliphatic heterocycles. The third kappa shape index (κ3) is 12.1. The van der Waals surface area contributed by atoms with Crippen molar-refractivity contribution < 1.29 is 74.0 Å². The summed E-state index contributed by atoms with van der Waals surface area (Å²) in [6.45, 7) is 1.92. The number of nitrogens with zero attached hydrogens (tertiary/aromatic N) is 4. The zero-order valence-electron chi connectivity index (χ0n) is 21.3. The standard InChI is InChI=1S/C17H18N4O.3C2HF3O2/c22-17-10-16-15(21(17)14-2-1-6-19-11-14)5-9-20(16)12-13-3-7-18-8-4-13;3*3-2(4,5)1(6)7/h1-4,6-8,11,15-16H,5,9-10,12H2;3*(H,6,7)/t15-,16+;;;/m0.../s1. The van der Waals surface area contributed by atoms with E-state index in [-0.39, 0.29) is 11.9 Å². The molecule has 0 spiro atoms. The number of aromatic nitrogens is 2. The molecular weight excluding hydrogens is 615 g/mol. The van der Waals surface area contributed by atoms with Crippen molar-refractivity contribution in [2.24, 2.45) is 0 Å². The molecule has 0 saturated carbocycles. The highest BCUT2D eigenvalue weighted by atomic mass is 19.4. The van der Waals surface area contributed by atoms with Gasteiger partial charge in [0.2, 0.25) is 5.91 Å². The lowest BCUT2D eigenvalue weighted by atomic mass is 10.1. The fourth-order valence-corrected chi connectivity index (χ4v) is 3.68. The first-order valence-corrected chi connectivity index (χ1v) is 11.4. The number of carboxylic acids is 3. The van der Waals surface area contributed by atoms with Gasteiger partial charge in [-0.1, -0.05) is 0 Å². The zero-order valence-corrected chi connectivity index (χ0v) is 21.3. The number of carbonyl (C=O) groups is 4. The maximum absolute atomic E-state index is 12.4. The largest absolute Gasteiger partial charge is 0.490 e. The van der Waals surface area contributed by atoms with Crippen LogP contribution in [0.2, 0.25) is 0 Å². The Hall–Kier alpha value is -4.49. The molecule has 43 heavy (non-hydrogen) atoms. The van der Waals surface area contributed by atoms with Crippen LogP contribution in [0.3, 0.4) is 0 Å². The Morgan fingerprint density at radius 2 is 1.23 bits per heavy atom. The van der Waals surface area contributed by atoms with Gasteiger partial charge in [0.05, 0.1) is 17.9 Å². The lowest BCUT2D eigenvalue weighted by Gasteiger charge is -2.25. The maximum Gasteiger partial charge on any atom is 0.490 e. The molecule has 1 amide bonds. The van der Waals surface area contributed by atoms with Gasteiger partial charge in [-0.3, -0.25) is 19.7 Å². The minimum atomic E-state index is -5.08. The maximum atomic E-state index is 12.4. The first kappa shape index (κ1) is 36.5. The van der Waals surface area contributed by atoms with E-state index in [2.05, 4.69) is 14.9 Å². The van der Waals surface area contributed by atoms with Crippen LogP contribution < -0.4 is 4.90 Å². The molecule has 4 rings (SSSR count). The lowest BCUT2D eigenvalue weighted by Crippen LogP contribution is -2.37. The van der Waals surface area contributed by atoms with E-state index in [0.29, 0.717) is 12.5 Å². The number of aliphatic carboxylic acids is 3. The molecule has 2 atom stereocenters. The Kier molecular flexibility index (Phi) is 12.8. The summed E-state index contributed by atoms with van der Waals surface area (Å²) >= 11 is 0. The second-order valence-electron chi connectivity index (χ2n) is 8.34. The molecule has 0 unspecified atom stereocenters. The quantitative estimate of drug-likeness (QED) is 0.423. The normalized spacial score (nSPS) is 18.2. The minimum absolute atomic E-state index is 0.211. The molecule has 2 fully saturated rings. The second-order valence-corrected chi connectivity index (χ2v) is 8.34. The van der Waals surface area contributed by atoms with Gasteiger partial charge < -0.3 is 20.2 Å². The van der Waals surface area contributed by atoms with Gasteiger partial charge in [-0.2, -0.15) is 39.5 Å². The van der Waals surface area contributed by atoms with Crippen molar-refractivity contribution in [1.82, 2.24) is 14.9 Å². The number of anilines is 1. The van der Waals surface area contributed by atoms with Crippen LogP contribution in [-0.4, -0.2) is 91.2 Å². The summed E-state index contributed by atoms with van der Waals surface area (Å²) in [6.07, 6.45) is -6.45. The Bertz CT molecular complexity index is 1170. The number of pyridine rings is 2. The number of amides is 1. The molecule has 20 heteroatoms. The number of alkyl halides is 9. The highest BCUT2D eigenvalue weighted by molar-refractivity contribution is 5.97. The first-order valence-electron chi connectivity index (χ1n) is 11.4. The Labute approximate surface area is 235 Å². The van der Waals surface area contributed by atoms with Gasteiger partial charge in [-0.15, -0.1) is 0 Å². The van der Waals surface area contributed by atoms with Crippen molar-refractivity contribution in [3.8, 4) is 0 Å². The highest BCUT2D eigenvalue weighted by Gasteiger charge is 2.47. The van der Waals surface area contributed by atoms with Crippen molar-refractivity contribution in [2.75, 3.05) is 11.4 Å². The van der Waals surface area contributed by atoms with Crippen LogP contribution in [0.4, 0.5) is 45.2 Å². The van der Waals surface area contributed by atoms with E-state index in [1.165, 1.54) is 5.56 Å². The highest BCUT2D eigenvalue weighted by Crippen LogP contribution is 2.36. The lowest BCUT2D eigenvalue weighted by molar-refractivity contribution is -0.193. The summed E-state index contributed by atoms with van der Waals surface area (Å²) in [7, 11) is 0. The smallest absolute Gasteiger partial charge is 0.475 e. The monoisotopic (exact) mass is 636 g/mol. The van der Waals surface area contributed by atoms with Gasteiger partial charge in [0, 0.05) is 44.1 Å². The van der Waals surface area contributed by atoms with Crippen molar-refractivity contribution in [1.29, 1.82) is 0 Å². The fourth-order valence-electron chi connectivity index (χ4n) is 3.68. The van der Waals surface area contributed by atoms with Crippen LogP contribution in [-0.2, 0) is 25.7 Å². The number of carboxylic acid groups (broad SMARTS) is 3. The van der Waals surface area contributed by atoms with Gasteiger partial charge in [-0.05, 0) is 36.2 Å². The Morgan fingerprint density at radius 3 is 1.63 bits per heavy atom. The average molecular weight is 636 g/mol. The van der Waals surface area contributed by atoms with E-state index in [9.17, 15) is 44.3 Å². The number of carbonyl (C=O) groups excluding carboxylic acids is 1. The minimum Gasteiger partial charge on any atom is -0.475 e. The SMILES string of the molecule is O=C(O)C(F)(F)F.O=C(O)C(F)(F)F.O=C(O)C(F)(F)F.O=C1C[C@@H]2[C@H](CCN2Cc2ccncc2)N1c1cccnc1. The summed E-state index contributed by atoms with van der Waals surface area (Å²) in [5.74, 6) is -8.06. The third-order valence-electron chi connectivity index (χ3n) is 5.40. The number of halogens is 9.